The van der Waals surface area contributed by atoms with E-state index >= 15 is 0 Å². The van der Waals surface area contributed by atoms with E-state index < -0.39 is 5.97 Å². The lowest BCUT2D eigenvalue weighted by molar-refractivity contribution is -0.945. The van der Waals surface area contributed by atoms with Crippen molar-refractivity contribution >= 4 is 5.97 Å². The first-order valence-corrected chi connectivity index (χ1v) is 8.14. The number of rotatable bonds is 6. The van der Waals surface area contributed by atoms with Gasteiger partial charge in [-0.3, -0.25) is 4.79 Å². The number of benzene rings is 1. The van der Waals surface area contributed by atoms with Crippen molar-refractivity contribution in [3.8, 4) is 0 Å². The standard InChI is InChI=1S/C18H27NO2/c1-15-8-9-17(13-16(15)2)14-19(10-4-3-5-11-19)12-6-7-18(20)21/h8-9,13H,3-7,10-12,14H2,1-2H3/p+1. The molecule has 0 amide bonds. The third-order valence-corrected chi connectivity index (χ3v) is 4.88. The van der Waals surface area contributed by atoms with Gasteiger partial charge in [0.25, 0.3) is 0 Å². The van der Waals surface area contributed by atoms with Crippen LogP contribution in [0.2, 0.25) is 0 Å². The molecule has 0 spiro atoms. The summed E-state index contributed by atoms with van der Waals surface area (Å²) in [5.74, 6) is -0.670. The van der Waals surface area contributed by atoms with E-state index in [1.54, 1.807) is 0 Å². The van der Waals surface area contributed by atoms with Crippen molar-refractivity contribution < 1.29 is 14.4 Å². The number of piperidine rings is 1. The molecule has 3 heteroatoms. The minimum Gasteiger partial charge on any atom is -0.481 e. The summed E-state index contributed by atoms with van der Waals surface area (Å²) in [4.78, 5) is 10.8. The van der Waals surface area contributed by atoms with Gasteiger partial charge in [-0.15, -0.1) is 0 Å². The van der Waals surface area contributed by atoms with Crippen LogP contribution in [-0.2, 0) is 11.3 Å². The number of likely N-dealkylation sites (tertiary alicyclic amines) is 1. The van der Waals surface area contributed by atoms with Gasteiger partial charge in [0, 0.05) is 12.0 Å². The normalized spacial score (nSPS) is 17.6. The molecule has 116 valence electrons. The maximum Gasteiger partial charge on any atom is 0.303 e. The lowest BCUT2D eigenvalue weighted by Gasteiger charge is -2.42. The Morgan fingerprint density at radius 3 is 2.48 bits per heavy atom. The molecule has 21 heavy (non-hydrogen) atoms. The molecule has 0 bridgehead atoms. The Hall–Kier alpha value is -1.35. The zero-order valence-corrected chi connectivity index (χ0v) is 13.4. The lowest BCUT2D eigenvalue weighted by Crippen LogP contribution is -2.51. The van der Waals surface area contributed by atoms with E-state index in [0.717, 1.165) is 24.0 Å². The first kappa shape index (κ1) is 16.0. The highest BCUT2D eigenvalue weighted by atomic mass is 16.4. The predicted molar refractivity (Wildman–Crippen MR) is 85.2 cm³/mol. The van der Waals surface area contributed by atoms with Crippen molar-refractivity contribution in [2.75, 3.05) is 19.6 Å². The van der Waals surface area contributed by atoms with E-state index in [9.17, 15) is 4.79 Å². The molecule has 0 saturated carbocycles. The monoisotopic (exact) mass is 290 g/mol. The molecule has 3 nitrogen and oxygen atoms in total. The summed E-state index contributed by atoms with van der Waals surface area (Å²) in [5.41, 5.74) is 4.10. The summed E-state index contributed by atoms with van der Waals surface area (Å²) in [5, 5.41) is 8.88. The average molecular weight is 290 g/mol. The molecule has 1 saturated heterocycles. The molecular formula is C18H28NO2+. The summed E-state index contributed by atoms with van der Waals surface area (Å²) in [6, 6.07) is 6.76. The Morgan fingerprint density at radius 2 is 1.86 bits per heavy atom. The number of hydrogen-bond donors (Lipinski definition) is 1. The van der Waals surface area contributed by atoms with Crippen LogP contribution in [0.15, 0.2) is 18.2 Å². The maximum atomic E-state index is 10.8. The Bertz CT molecular complexity index is 490. The van der Waals surface area contributed by atoms with Crippen LogP contribution in [0, 0.1) is 13.8 Å². The van der Waals surface area contributed by atoms with Gasteiger partial charge in [0.05, 0.1) is 26.1 Å². The van der Waals surface area contributed by atoms with Crippen LogP contribution >= 0.6 is 0 Å². The molecule has 1 aliphatic heterocycles. The molecule has 1 aliphatic rings. The van der Waals surface area contributed by atoms with Crippen molar-refractivity contribution in [1.82, 2.24) is 0 Å². The van der Waals surface area contributed by atoms with Crippen LogP contribution < -0.4 is 0 Å². The summed E-state index contributed by atoms with van der Waals surface area (Å²) in [6.07, 6.45) is 4.97. The number of carbonyl (C=O) groups is 1. The number of nitrogens with zero attached hydrogens (tertiary/aromatic N) is 1. The van der Waals surface area contributed by atoms with E-state index in [1.807, 2.05) is 0 Å². The van der Waals surface area contributed by atoms with Gasteiger partial charge in [-0.2, -0.15) is 0 Å². The van der Waals surface area contributed by atoms with E-state index in [1.165, 1.54) is 49.0 Å². The Kier molecular flexibility index (Phi) is 5.40. The minimum absolute atomic E-state index is 0.299. The second-order valence-electron chi connectivity index (χ2n) is 6.65. The van der Waals surface area contributed by atoms with Gasteiger partial charge in [0.1, 0.15) is 6.54 Å². The molecular weight excluding hydrogens is 262 g/mol. The number of aryl methyl sites for hydroxylation is 2. The van der Waals surface area contributed by atoms with E-state index in [0.29, 0.717) is 6.42 Å². The highest BCUT2D eigenvalue weighted by Crippen LogP contribution is 2.24. The Labute approximate surface area is 128 Å². The number of carboxylic acid groups (broad SMARTS) is 1. The van der Waals surface area contributed by atoms with E-state index in [2.05, 4.69) is 32.0 Å². The third kappa shape index (κ3) is 4.57. The van der Waals surface area contributed by atoms with Gasteiger partial charge in [0.2, 0.25) is 0 Å². The molecule has 0 aromatic heterocycles. The van der Waals surface area contributed by atoms with Gasteiger partial charge >= 0.3 is 5.97 Å². The fraction of sp³-hybridized carbons (Fsp3) is 0.611. The Morgan fingerprint density at radius 1 is 1.14 bits per heavy atom. The Balaban J connectivity index is 2.07. The summed E-state index contributed by atoms with van der Waals surface area (Å²) >= 11 is 0. The largest absolute Gasteiger partial charge is 0.481 e. The highest BCUT2D eigenvalue weighted by molar-refractivity contribution is 5.66. The zero-order valence-electron chi connectivity index (χ0n) is 13.4. The summed E-state index contributed by atoms with van der Waals surface area (Å²) < 4.78 is 1.08. The molecule has 1 aromatic rings. The predicted octanol–water partition coefficient (Wildman–Crippen LogP) is 3.67. The second-order valence-corrected chi connectivity index (χ2v) is 6.65. The van der Waals surface area contributed by atoms with E-state index in [-0.39, 0.29) is 0 Å². The number of hydrogen-bond acceptors (Lipinski definition) is 1. The molecule has 2 rings (SSSR count). The molecule has 0 unspecified atom stereocenters. The van der Waals surface area contributed by atoms with Crippen LogP contribution in [0.4, 0.5) is 0 Å². The number of carboxylic acids is 1. The number of aliphatic carboxylic acids is 1. The topological polar surface area (TPSA) is 37.3 Å². The van der Waals surface area contributed by atoms with Crippen LogP contribution in [0.1, 0.15) is 48.8 Å². The first-order chi connectivity index (χ1) is 10.0. The number of quaternary nitrogens is 1. The SMILES string of the molecule is Cc1ccc(C[N+]2(CCCC(=O)O)CCCCC2)cc1C. The lowest BCUT2D eigenvalue weighted by atomic mass is 10.0. The molecule has 1 N–H and O–H groups in total. The van der Waals surface area contributed by atoms with Gasteiger partial charge < -0.3 is 9.59 Å². The molecule has 1 aromatic carbocycles. The van der Waals surface area contributed by atoms with Gasteiger partial charge in [-0.25, -0.2) is 0 Å². The third-order valence-electron chi connectivity index (χ3n) is 4.88. The van der Waals surface area contributed by atoms with E-state index in [4.69, 9.17) is 5.11 Å². The fourth-order valence-corrected chi connectivity index (χ4v) is 3.50. The van der Waals surface area contributed by atoms with Gasteiger partial charge in [-0.1, -0.05) is 18.2 Å². The van der Waals surface area contributed by atoms with Crippen molar-refractivity contribution in [1.29, 1.82) is 0 Å². The van der Waals surface area contributed by atoms with Crippen LogP contribution in [0.5, 0.6) is 0 Å². The van der Waals surface area contributed by atoms with Crippen molar-refractivity contribution in [2.24, 2.45) is 0 Å². The molecule has 0 aliphatic carbocycles. The smallest absolute Gasteiger partial charge is 0.303 e. The van der Waals surface area contributed by atoms with Crippen LogP contribution in [-0.4, -0.2) is 35.2 Å². The molecule has 0 atom stereocenters. The summed E-state index contributed by atoms with van der Waals surface area (Å²) in [6.45, 7) is 8.78. The van der Waals surface area contributed by atoms with Gasteiger partial charge in [-0.05, 0) is 44.2 Å². The van der Waals surface area contributed by atoms with Crippen LogP contribution in [0.3, 0.4) is 0 Å². The van der Waals surface area contributed by atoms with Crippen molar-refractivity contribution in [3.05, 3.63) is 34.9 Å². The highest BCUT2D eigenvalue weighted by Gasteiger charge is 2.30. The van der Waals surface area contributed by atoms with Gasteiger partial charge in [0.15, 0.2) is 0 Å². The second kappa shape index (κ2) is 7.08. The molecule has 1 heterocycles. The molecule has 1 fully saturated rings. The fourth-order valence-electron chi connectivity index (χ4n) is 3.50. The maximum absolute atomic E-state index is 10.8. The molecule has 0 radical (unpaired) electrons. The van der Waals surface area contributed by atoms with Crippen molar-refractivity contribution in [2.45, 2.75) is 52.5 Å². The first-order valence-electron chi connectivity index (χ1n) is 8.14. The van der Waals surface area contributed by atoms with Crippen LogP contribution in [0.25, 0.3) is 0 Å². The van der Waals surface area contributed by atoms with Crippen molar-refractivity contribution in [3.63, 3.8) is 0 Å². The average Bonchev–Trinajstić information content (AvgIpc) is 2.43. The minimum atomic E-state index is -0.670. The zero-order chi connectivity index (χ0) is 15.3. The quantitative estimate of drug-likeness (QED) is 0.812. The summed E-state index contributed by atoms with van der Waals surface area (Å²) in [7, 11) is 0.